The fourth-order valence-electron chi connectivity index (χ4n) is 2.49. The lowest BCUT2D eigenvalue weighted by Gasteiger charge is -2.35. The van der Waals surface area contributed by atoms with Gasteiger partial charge in [-0.3, -0.25) is 0 Å². The van der Waals surface area contributed by atoms with Gasteiger partial charge in [-0.1, -0.05) is 13.8 Å². The molecule has 1 saturated heterocycles. The van der Waals surface area contributed by atoms with Crippen LogP contribution in [0.4, 0.5) is 0 Å². The minimum Gasteiger partial charge on any atom is -0.381 e. The van der Waals surface area contributed by atoms with E-state index in [0.717, 1.165) is 12.8 Å². The van der Waals surface area contributed by atoms with E-state index in [2.05, 4.69) is 0 Å². The number of hydrogen-bond acceptors (Lipinski definition) is 4. The van der Waals surface area contributed by atoms with Crippen LogP contribution >= 0.6 is 0 Å². The second kappa shape index (κ2) is 7.40. The number of hydrogen-bond donors (Lipinski definition) is 0. The lowest BCUT2D eigenvalue weighted by molar-refractivity contribution is -0.00656. The van der Waals surface area contributed by atoms with Gasteiger partial charge in [-0.05, 0) is 39.0 Å². The minimum absolute atomic E-state index is 0.171. The lowest BCUT2D eigenvalue weighted by atomic mass is 9.85. The molecule has 0 atom stereocenters. The van der Waals surface area contributed by atoms with Gasteiger partial charge >= 0.3 is 0 Å². The first-order chi connectivity index (χ1) is 9.58. The minimum atomic E-state index is -3.25. The van der Waals surface area contributed by atoms with Crippen molar-refractivity contribution in [1.82, 2.24) is 4.31 Å². The van der Waals surface area contributed by atoms with Crippen LogP contribution in [-0.2, 0) is 19.5 Å². The Morgan fingerprint density at radius 3 is 2.29 bits per heavy atom. The van der Waals surface area contributed by atoms with Crippen LogP contribution < -0.4 is 0 Å². The van der Waals surface area contributed by atoms with Gasteiger partial charge in [-0.15, -0.1) is 0 Å². The summed E-state index contributed by atoms with van der Waals surface area (Å²) in [5, 5.41) is 0. The zero-order valence-corrected chi connectivity index (χ0v) is 15.0. The van der Waals surface area contributed by atoms with E-state index in [4.69, 9.17) is 9.47 Å². The fourth-order valence-corrected chi connectivity index (χ4v) is 4.59. The van der Waals surface area contributed by atoms with Crippen molar-refractivity contribution in [3.63, 3.8) is 0 Å². The Kier molecular flexibility index (Phi) is 6.65. The van der Waals surface area contributed by atoms with Gasteiger partial charge < -0.3 is 9.47 Å². The third kappa shape index (κ3) is 6.63. The molecule has 0 unspecified atom stereocenters. The summed E-state index contributed by atoms with van der Waals surface area (Å²) in [6.07, 6.45) is 1.62. The molecule has 0 radical (unpaired) electrons. The van der Waals surface area contributed by atoms with Crippen LogP contribution in [0.3, 0.4) is 0 Å². The Morgan fingerprint density at radius 2 is 1.81 bits per heavy atom. The second-order valence-electron chi connectivity index (χ2n) is 7.13. The topological polar surface area (TPSA) is 55.8 Å². The summed E-state index contributed by atoms with van der Waals surface area (Å²) in [7, 11) is -3.25. The van der Waals surface area contributed by atoms with Crippen molar-refractivity contribution >= 4 is 10.0 Å². The van der Waals surface area contributed by atoms with Crippen molar-refractivity contribution in [2.24, 2.45) is 5.41 Å². The van der Waals surface area contributed by atoms with Crippen LogP contribution in [-0.4, -0.2) is 57.0 Å². The van der Waals surface area contributed by atoms with E-state index in [1.54, 1.807) is 4.31 Å². The highest BCUT2D eigenvalue weighted by Crippen LogP contribution is 2.32. The maximum Gasteiger partial charge on any atom is 0.214 e. The average Bonchev–Trinajstić information content (AvgIpc) is 2.32. The van der Waals surface area contributed by atoms with Crippen molar-refractivity contribution in [3.8, 4) is 0 Å². The average molecular weight is 321 g/mol. The summed E-state index contributed by atoms with van der Waals surface area (Å²) < 4.78 is 37.8. The van der Waals surface area contributed by atoms with E-state index in [-0.39, 0.29) is 16.8 Å². The Morgan fingerprint density at radius 1 is 1.24 bits per heavy atom. The van der Waals surface area contributed by atoms with E-state index in [1.807, 2.05) is 34.6 Å². The third-order valence-electron chi connectivity index (χ3n) is 3.85. The number of nitrogens with zero attached hydrogens (tertiary/aromatic N) is 1. The molecule has 0 spiro atoms. The van der Waals surface area contributed by atoms with Crippen LogP contribution in [0.25, 0.3) is 0 Å². The fraction of sp³-hybridized carbons (Fsp3) is 1.00. The monoisotopic (exact) mass is 321 g/mol. The molecule has 0 aromatic heterocycles. The largest absolute Gasteiger partial charge is 0.381 e. The molecule has 5 nitrogen and oxygen atoms in total. The molecule has 6 heteroatoms. The van der Waals surface area contributed by atoms with Crippen molar-refractivity contribution in [1.29, 1.82) is 0 Å². The normalized spacial score (nSPS) is 19.9. The van der Waals surface area contributed by atoms with Gasteiger partial charge in [0.05, 0.1) is 18.0 Å². The molecule has 0 N–H and O–H groups in total. The maximum absolute atomic E-state index is 12.6. The van der Waals surface area contributed by atoms with Crippen molar-refractivity contribution in [2.75, 3.05) is 38.7 Å². The molecule has 0 aromatic carbocycles. The number of ether oxygens (including phenoxy) is 2. The van der Waals surface area contributed by atoms with Crippen molar-refractivity contribution in [3.05, 3.63) is 0 Å². The molecule has 1 rings (SSSR count). The van der Waals surface area contributed by atoms with Crippen molar-refractivity contribution in [2.45, 2.75) is 53.1 Å². The molecule has 0 aliphatic carbocycles. The second-order valence-corrected chi connectivity index (χ2v) is 9.10. The molecule has 0 amide bonds. The molecule has 1 fully saturated rings. The highest BCUT2D eigenvalue weighted by Gasteiger charge is 2.35. The molecule has 126 valence electrons. The van der Waals surface area contributed by atoms with Crippen LogP contribution in [0.2, 0.25) is 0 Å². The van der Waals surface area contributed by atoms with Crippen LogP contribution in [0.1, 0.15) is 47.5 Å². The quantitative estimate of drug-likeness (QED) is 0.722. The van der Waals surface area contributed by atoms with Crippen LogP contribution in [0.15, 0.2) is 0 Å². The Labute approximate surface area is 130 Å². The standard InChI is InChI=1S/C15H31NO4S/c1-6-16(9-12-20-14(2,3)4)21(17,18)13-15(5)7-10-19-11-8-15/h6-13H2,1-5H3. The molecule has 21 heavy (non-hydrogen) atoms. The summed E-state index contributed by atoms with van der Waals surface area (Å²) in [4.78, 5) is 0. The van der Waals surface area contributed by atoms with Gasteiger partial charge in [0.1, 0.15) is 0 Å². The molecular formula is C15H31NO4S. The molecule has 0 saturated carbocycles. The molecular weight excluding hydrogens is 290 g/mol. The molecule has 1 heterocycles. The van der Waals surface area contributed by atoms with Gasteiger partial charge in [-0.2, -0.15) is 4.31 Å². The summed E-state index contributed by atoms with van der Waals surface area (Å²) in [5.74, 6) is 0.201. The van der Waals surface area contributed by atoms with Crippen molar-refractivity contribution < 1.29 is 17.9 Å². The zero-order valence-electron chi connectivity index (χ0n) is 14.1. The maximum atomic E-state index is 12.6. The summed E-state index contributed by atoms with van der Waals surface area (Å²) >= 11 is 0. The Bertz CT molecular complexity index is 408. The number of sulfonamides is 1. The summed E-state index contributed by atoms with van der Waals surface area (Å²) in [6.45, 7) is 12.5. The SMILES string of the molecule is CCN(CCOC(C)(C)C)S(=O)(=O)CC1(C)CCOCC1. The predicted molar refractivity (Wildman–Crippen MR) is 84.9 cm³/mol. The highest BCUT2D eigenvalue weighted by molar-refractivity contribution is 7.89. The first kappa shape index (κ1) is 18.9. The third-order valence-corrected chi connectivity index (χ3v) is 6.14. The first-order valence-electron chi connectivity index (χ1n) is 7.77. The van der Waals surface area contributed by atoms with E-state index in [9.17, 15) is 8.42 Å². The van der Waals surface area contributed by atoms with E-state index in [1.165, 1.54) is 0 Å². The van der Waals surface area contributed by atoms with Gasteiger partial charge in [0.15, 0.2) is 0 Å². The van der Waals surface area contributed by atoms with E-state index < -0.39 is 10.0 Å². The van der Waals surface area contributed by atoms with Gasteiger partial charge in [-0.25, -0.2) is 8.42 Å². The van der Waals surface area contributed by atoms with Crippen LogP contribution in [0.5, 0.6) is 0 Å². The lowest BCUT2D eigenvalue weighted by Crippen LogP contribution is -2.42. The van der Waals surface area contributed by atoms with E-state index in [0.29, 0.717) is 32.9 Å². The van der Waals surface area contributed by atoms with Crippen LogP contribution in [0, 0.1) is 5.41 Å². The van der Waals surface area contributed by atoms with E-state index >= 15 is 0 Å². The number of rotatable bonds is 7. The number of likely N-dealkylation sites (N-methyl/N-ethyl adjacent to an activating group) is 1. The first-order valence-corrected chi connectivity index (χ1v) is 9.38. The smallest absolute Gasteiger partial charge is 0.214 e. The molecule has 1 aliphatic rings. The predicted octanol–water partition coefficient (Wildman–Crippen LogP) is 2.27. The van der Waals surface area contributed by atoms with Gasteiger partial charge in [0, 0.05) is 26.3 Å². The zero-order chi connectivity index (χ0) is 16.1. The summed E-state index contributed by atoms with van der Waals surface area (Å²) in [6, 6.07) is 0. The molecule has 0 bridgehead atoms. The molecule has 0 aromatic rings. The van der Waals surface area contributed by atoms with Gasteiger partial charge in [0.25, 0.3) is 0 Å². The van der Waals surface area contributed by atoms with Gasteiger partial charge in [0.2, 0.25) is 10.0 Å². The Balaban J connectivity index is 2.60. The summed E-state index contributed by atoms with van der Waals surface area (Å²) in [5.41, 5.74) is -0.411. The highest BCUT2D eigenvalue weighted by atomic mass is 32.2. The molecule has 1 aliphatic heterocycles. The Hall–Kier alpha value is -0.170.